The highest BCUT2D eigenvalue weighted by Gasteiger charge is 2.50. The molecule has 1 heterocycles. The van der Waals surface area contributed by atoms with Gasteiger partial charge in [0.15, 0.2) is 0 Å². The molecule has 1 unspecified atom stereocenters. The van der Waals surface area contributed by atoms with Gasteiger partial charge in [-0.25, -0.2) is 0 Å². The van der Waals surface area contributed by atoms with Crippen molar-refractivity contribution < 1.29 is 4.79 Å². The van der Waals surface area contributed by atoms with E-state index in [2.05, 4.69) is 31.4 Å². The zero-order valence-corrected chi connectivity index (χ0v) is 10.8. The quantitative estimate of drug-likeness (QED) is 0.714. The van der Waals surface area contributed by atoms with E-state index >= 15 is 0 Å². The Balaban J connectivity index is 2.23. The molecule has 1 saturated heterocycles. The molecular weight excluding hydrogens is 200 g/mol. The zero-order chi connectivity index (χ0) is 11.9. The highest BCUT2D eigenvalue weighted by molar-refractivity contribution is 5.84. The lowest BCUT2D eigenvalue weighted by Gasteiger charge is -2.46. The maximum absolute atomic E-state index is 11.7. The molecule has 92 valence electrons. The maximum atomic E-state index is 11.7. The summed E-state index contributed by atoms with van der Waals surface area (Å²) in [6.07, 6.45) is 3.58. The van der Waals surface area contributed by atoms with Crippen LogP contribution in [0.25, 0.3) is 0 Å². The van der Waals surface area contributed by atoms with Gasteiger partial charge >= 0.3 is 0 Å². The molecule has 16 heavy (non-hydrogen) atoms. The first kappa shape index (κ1) is 11.9. The van der Waals surface area contributed by atoms with E-state index in [1.54, 1.807) is 0 Å². The van der Waals surface area contributed by atoms with E-state index in [0.717, 1.165) is 6.42 Å². The minimum atomic E-state index is -0.123. The average molecular weight is 224 g/mol. The van der Waals surface area contributed by atoms with Gasteiger partial charge in [-0.3, -0.25) is 10.1 Å². The second kappa shape index (κ2) is 4.02. The minimum Gasteiger partial charge on any atom is -0.336 e. The standard InChI is InChI=1S/C13H24N2O/c1-8(2)11-6-5-9(3)7-13(11)14-10(4)12(16)15-13/h8-11,14H,5-7H2,1-4H3,(H,15,16)/t9-,10+,11+,13?/m1/s1. The van der Waals surface area contributed by atoms with Crippen molar-refractivity contribution in [1.29, 1.82) is 0 Å². The van der Waals surface area contributed by atoms with Crippen molar-refractivity contribution in [2.75, 3.05) is 0 Å². The molecule has 3 heteroatoms. The first-order valence-electron chi connectivity index (χ1n) is 6.54. The van der Waals surface area contributed by atoms with Crippen LogP contribution in [0.2, 0.25) is 0 Å². The second-order valence-corrected chi connectivity index (χ2v) is 6.06. The molecule has 4 atom stereocenters. The molecule has 0 aromatic heterocycles. The Bertz CT molecular complexity index is 290. The molecule has 0 aromatic carbocycles. The fourth-order valence-electron chi connectivity index (χ4n) is 3.54. The molecule has 2 rings (SSSR count). The molecule has 1 saturated carbocycles. The molecule has 2 fully saturated rings. The Morgan fingerprint density at radius 3 is 2.50 bits per heavy atom. The predicted molar refractivity (Wildman–Crippen MR) is 64.8 cm³/mol. The maximum Gasteiger partial charge on any atom is 0.238 e. The van der Waals surface area contributed by atoms with Crippen LogP contribution in [-0.2, 0) is 4.79 Å². The molecule has 2 N–H and O–H groups in total. The highest BCUT2D eigenvalue weighted by Crippen LogP contribution is 2.41. The number of carbonyl (C=O) groups is 1. The van der Waals surface area contributed by atoms with Crippen LogP contribution in [0.1, 0.15) is 47.0 Å². The van der Waals surface area contributed by atoms with Gasteiger partial charge in [-0.1, -0.05) is 27.2 Å². The van der Waals surface area contributed by atoms with Crippen LogP contribution >= 0.6 is 0 Å². The van der Waals surface area contributed by atoms with Crippen molar-refractivity contribution >= 4 is 5.91 Å². The predicted octanol–water partition coefficient (Wildman–Crippen LogP) is 1.88. The number of rotatable bonds is 1. The number of carbonyl (C=O) groups excluding carboxylic acids is 1. The normalized spacial score (nSPS) is 44.1. The molecule has 2 aliphatic rings. The fraction of sp³-hybridized carbons (Fsp3) is 0.923. The summed E-state index contributed by atoms with van der Waals surface area (Å²) in [7, 11) is 0. The summed E-state index contributed by atoms with van der Waals surface area (Å²) < 4.78 is 0. The summed E-state index contributed by atoms with van der Waals surface area (Å²) in [5, 5.41) is 6.75. The smallest absolute Gasteiger partial charge is 0.238 e. The van der Waals surface area contributed by atoms with Gasteiger partial charge in [0.05, 0.1) is 11.7 Å². The van der Waals surface area contributed by atoms with Gasteiger partial charge in [0.1, 0.15) is 0 Å². The van der Waals surface area contributed by atoms with Crippen molar-refractivity contribution in [3.8, 4) is 0 Å². The first-order valence-corrected chi connectivity index (χ1v) is 6.54. The summed E-state index contributed by atoms with van der Waals surface area (Å²) in [4.78, 5) is 11.7. The zero-order valence-electron chi connectivity index (χ0n) is 10.8. The first-order chi connectivity index (χ1) is 7.44. The molecular formula is C13H24N2O. The molecule has 1 aliphatic carbocycles. The summed E-state index contributed by atoms with van der Waals surface area (Å²) >= 11 is 0. The molecule has 0 aromatic rings. The Hall–Kier alpha value is -0.570. The van der Waals surface area contributed by atoms with Crippen LogP contribution < -0.4 is 10.6 Å². The van der Waals surface area contributed by atoms with Crippen molar-refractivity contribution in [1.82, 2.24) is 10.6 Å². The summed E-state index contributed by atoms with van der Waals surface area (Å²) in [6.45, 7) is 8.77. The lowest BCUT2D eigenvalue weighted by atomic mass is 9.70. The third-order valence-electron chi connectivity index (χ3n) is 4.29. The van der Waals surface area contributed by atoms with Crippen LogP contribution in [0.4, 0.5) is 0 Å². The van der Waals surface area contributed by atoms with Gasteiger partial charge in [-0.2, -0.15) is 0 Å². The Kier molecular flexibility index (Phi) is 2.99. The van der Waals surface area contributed by atoms with Gasteiger partial charge in [-0.15, -0.1) is 0 Å². The molecule has 0 bridgehead atoms. The van der Waals surface area contributed by atoms with Crippen LogP contribution in [0, 0.1) is 17.8 Å². The summed E-state index contributed by atoms with van der Waals surface area (Å²) in [5.41, 5.74) is -0.123. The second-order valence-electron chi connectivity index (χ2n) is 6.06. The van der Waals surface area contributed by atoms with Crippen molar-refractivity contribution in [2.24, 2.45) is 17.8 Å². The molecule has 1 amide bonds. The van der Waals surface area contributed by atoms with E-state index < -0.39 is 0 Å². The molecule has 3 nitrogen and oxygen atoms in total. The largest absolute Gasteiger partial charge is 0.336 e. The van der Waals surface area contributed by atoms with Crippen LogP contribution in [0.15, 0.2) is 0 Å². The number of amides is 1. The number of nitrogens with one attached hydrogen (secondary N) is 2. The highest BCUT2D eigenvalue weighted by atomic mass is 16.2. The molecule has 1 spiro atoms. The van der Waals surface area contributed by atoms with E-state index in [4.69, 9.17) is 0 Å². The van der Waals surface area contributed by atoms with E-state index in [1.807, 2.05) is 6.92 Å². The van der Waals surface area contributed by atoms with Crippen LogP contribution in [0.3, 0.4) is 0 Å². The van der Waals surface area contributed by atoms with Gasteiger partial charge in [0.2, 0.25) is 5.91 Å². The third kappa shape index (κ3) is 1.86. The van der Waals surface area contributed by atoms with Crippen molar-refractivity contribution in [2.45, 2.75) is 58.7 Å². The topological polar surface area (TPSA) is 41.1 Å². The van der Waals surface area contributed by atoms with Crippen molar-refractivity contribution in [3.05, 3.63) is 0 Å². The number of hydrogen-bond donors (Lipinski definition) is 2. The van der Waals surface area contributed by atoms with Gasteiger partial charge in [-0.05, 0) is 37.5 Å². The molecule has 1 aliphatic heterocycles. The van der Waals surface area contributed by atoms with Crippen LogP contribution in [-0.4, -0.2) is 17.6 Å². The Morgan fingerprint density at radius 1 is 1.31 bits per heavy atom. The Labute approximate surface area is 98.4 Å². The minimum absolute atomic E-state index is 0.0356. The van der Waals surface area contributed by atoms with Gasteiger partial charge in [0, 0.05) is 0 Å². The SMILES string of the molecule is CC(C)[C@@H]1CC[C@@H](C)CC12NC(=O)[C@H](C)N2. The lowest BCUT2D eigenvalue weighted by Crippen LogP contribution is -2.60. The lowest BCUT2D eigenvalue weighted by molar-refractivity contribution is -0.121. The molecule has 0 radical (unpaired) electrons. The van der Waals surface area contributed by atoms with E-state index in [-0.39, 0.29) is 17.6 Å². The van der Waals surface area contributed by atoms with E-state index in [9.17, 15) is 4.79 Å². The summed E-state index contributed by atoms with van der Waals surface area (Å²) in [6, 6.07) is -0.0356. The summed E-state index contributed by atoms with van der Waals surface area (Å²) in [5.74, 6) is 2.05. The number of hydrogen-bond acceptors (Lipinski definition) is 2. The van der Waals surface area contributed by atoms with E-state index in [0.29, 0.717) is 17.8 Å². The third-order valence-corrected chi connectivity index (χ3v) is 4.29. The Morgan fingerprint density at radius 2 is 2.00 bits per heavy atom. The monoisotopic (exact) mass is 224 g/mol. The van der Waals surface area contributed by atoms with Crippen LogP contribution in [0.5, 0.6) is 0 Å². The van der Waals surface area contributed by atoms with Gasteiger partial charge < -0.3 is 5.32 Å². The van der Waals surface area contributed by atoms with Crippen molar-refractivity contribution in [3.63, 3.8) is 0 Å². The fourth-order valence-corrected chi connectivity index (χ4v) is 3.54. The van der Waals surface area contributed by atoms with Gasteiger partial charge in [0.25, 0.3) is 0 Å². The van der Waals surface area contributed by atoms with E-state index in [1.165, 1.54) is 12.8 Å². The average Bonchev–Trinajstić information content (AvgIpc) is 2.41.